The predicted molar refractivity (Wildman–Crippen MR) is 139 cm³/mol. The minimum Gasteiger partial charge on any atom is -0.337 e. The van der Waals surface area contributed by atoms with Crippen LogP contribution < -0.4 is 0 Å². The molecule has 1 aromatic heterocycles. The molecule has 0 N–H and O–H groups in total. The van der Waals surface area contributed by atoms with E-state index in [1.165, 1.54) is 21.5 Å². The zero-order valence-electron chi connectivity index (χ0n) is 20.3. The molecular weight excluding hydrogens is 434 g/mol. The normalized spacial score (nSPS) is 13.1. The van der Waals surface area contributed by atoms with Gasteiger partial charge in [-0.2, -0.15) is 4.98 Å². The van der Waals surface area contributed by atoms with Crippen LogP contribution in [0.2, 0.25) is 0 Å². The number of amides is 1. The molecule has 5 rings (SSSR count). The molecule has 5 nitrogen and oxygen atoms in total. The van der Waals surface area contributed by atoms with Crippen molar-refractivity contribution in [1.29, 1.82) is 0 Å². The van der Waals surface area contributed by atoms with E-state index < -0.39 is 0 Å². The highest BCUT2D eigenvalue weighted by atomic mass is 16.5. The van der Waals surface area contributed by atoms with Gasteiger partial charge in [0.05, 0.1) is 0 Å². The third-order valence-corrected chi connectivity index (χ3v) is 6.66. The Morgan fingerprint density at radius 3 is 1.91 bits per heavy atom. The number of rotatable bonds is 7. The van der Waals surface area contributed by atoms with Crippen LogP contribution in [0.15, 0.2) is 89.5 Å². The van der Waals surface area contributed by atoms with E-state index in [1.54, 1.807) is 11.8 Å². The fraction of sp³-hybridized carbons (Fsp3) is 0.233. The fourth-order valence-electron chi connectivity index (χ4n) is 4.74. The van der Waals surface area contributed by atoms with Crippen molar-refractivity contribution >= 4 is 27.5 Å². The van der Waals surface area contributed by atoms with Crippen molar-refractivity contribution in [1.82, 2.24) is 15.0 Å². The van der Waals surface area contributed by atoms with E-state index >= 15 is 0 Å². The molecule has 5 heteroatoms. The van der Waals surface area contributed by atoms with E-state index in [0.29, 0.717) is 24.6 Å². The first-order valence-corrected chi connectivity index (χ1v) is 12.0. The van der Waals surface area contributed by atoms with E-state index in [-0.39, 0.29) is 17.9 Å². The molecule has 4 aromatic carbocycles. The number of carbonyl (C=O) groups is 1. The van der Waals surface area contributed by atoms with Crippen molar-refractivity contribution in [2.45, 2.75) is 32.7 Å². The summed E-state index contributed by atoms with van der Waals surface area (Å²) in [5.74, 6) is 0.891. The van der Waals surface area contributed by atoms with Gasteiger partial charge in [-0.3, -0.25) is 4.79 Å². The van der Waals surface area contributed by atoms with E-state index in [1.807, 2.05) is 38.2 Å². The van der Waals surface area contributed by atoms with Crippen molar-refractivity contribution in [3.63, 3.8) is 0 Å². The number of hydrogen-bond donors (Lipinski definition) is 0. The van der Waals surface area contributed by atoms with Gasteiger partial charge < -0.3 is 9.42 Å². The van der Waals surface area contributed by atoms with Gasteiger partial charge in [-0.15, -0.1) is 0 Å². The Hall–Kier alpha value is -3.99. The smallest absolute Gasteiger partial charge is 0.249 e. The second kappa shape index (κ2) is 9.71. The molecule has 0 aliphatic rings. The Labute approximate surface area is 205 Å². The minimum absolute atomic E-state index is 0.0554. The molecule has 1 amide bonds. The lowest BCUT2D eigenvalue weighted by molar-refractivity contribution is -0.136. The quantitative estimate of drug-likeness (QED) is 0.284. The third kappa shape index (κ3) is 4.94. The van der Waals surface area contributed by atoms with Crippen LogP contribution in [0.25, 0.3) is 21.5 Å². The summed E-state index contributed by atoms with van der Waals surface area (Å²) in [6, 6.07) is 29.0. The monoisotopic (exact) mass is 463 g/mol. The Balaban J connectivity index is 1.38. The Bertz CT molecular complexity index is 1490. The maximum atomic E-state index is 13.6. The van der Waals surface area contributed by atoms with Gasteiger partial charge in [-0.25, -0.2) is 0 Å². The van der Waals surface area contributed by atoms with Crippen LogP contribution in [0.1, 0.15) is 35.8 Å². The molecule has 0 radical (unpaired) electrons. The van der Waals surface area contributed by atoms with Crippen molar-refractivity contribution in [2.75, 3.05) is 7.05 Å². The summed E-state index contributed by atoms with van der Waals surface area (Å²) in [4.78, 5) is 19.8. The van der Waals surface area contributed by atoms with Crippen LogP contribution in [0.5, 0.6) is 0 Å². The van der Waals surface area contributed by atoms with Crippen LogP contribution in [0.3, 0.4) is 0 Å². The molecule has 0 saturated carbocycles. The first kappa shape index (κ1) is 22.8. The Kier molecular flexibility index (Phi) is 6.32. The zero-order valence-corrected chi connectivity index (χ0v) is 20.3. The number of nitrogens with zero attached hydrogens (tertiary/aromatic N) is 3. The average molecular weight is 464 g/mol. The minimum atomic E-state index is -0.344. The van der Waals surface area contributed by atoms with E-state index in [2.05, 4.69) is 70.8 Å². The molecule has 1 unspecified atom stereocenters. The standard InChI is InChI=1S/C30H29N3O2/c1-20(16-22-12-14-24-8-4-6-10-26(24)17-22)30(34)33(3)28(29-31-21(2)32-35-29)19-23-13-15-25-9-5-7-11-27(25)18-23/h4-15,17-18,20,28H,16,19H2,1-3H3/t20?,28-/m1/s1. The van der Waals surface area contributed by atoms with Gasteiger partial charge in [0.15, 0.2) is 5.82 Å². The highest BCUT2D eigenvalue weighted by Gasteiger charge is 2.30. The molecule has 2 atom stereocenters. The second-order valence-electron chi connectivity index (χ2n) is 9.32. The summed E-state index contributed by atoms with van der Waals surface area (Å²) >= 11 is 0. The summed E-state index contributed by atoms with van der Waals surface area (Å²) < 4.78 is 5.55. The van der Waals surface area contributed by atoms with Gasteiger partial charge >= 0.3 is 0 Å². The molecule has 176 valence electrons. The van der Waals surface area contributed by atoms with Crippen molar-refractivity contribution in [3.8, 4) is 0 Å². The Morgan fingerprint density at radius 1 is 0.829 bits per heavy atom. The first-order valence-electron chi connectivity index (χ1n) is 12.0. The number of aryl methyl sites for hydroxylation is 1. The summed E-state index contributed by atoms with van der Waals surface area (Å²) in [5, 5.41) is 8.74. The highest BCUT2D eigenvalue weighted by molar-refractivity contribution is 5.84. The van der Waals surface area contributed by atoms with Gasteiger partial charge in [-0.05, 0) is 46.0 Å². The number of fused-ring (bicyclic) bond motifs is 2. The van der Waals surface area contributed by atoms with Crippen LogP contribution in [0.4, 0.5) is 0 Å². The van der Waals surface area contributed by atoms with Gasteiger partial charge in [0.1, 0.15) is 6.04 Å². The Morgan fingerprint density at radius 2 is 1.37 bits per heavy atom. The summed E-state index contributed by atoms with van der Waals surface area (Å²) in [7, 11) is 1.84. The van der Waals surface area contributed by atoms with Gasteiger partial charge in [0.25, 0.3) is 0 Å². The molecule has 0 fully saturated rings. The number of hydrogen-bond acceptors (Lipinski definition) is 4. The predicted octanol–water partition coefficient (Wildman–Crippen LogP) is 6.31. The summed E-state index contributed by atoms with van der Waals surface area (Å²) in [5.41, 5.74) is 2.27. The van der Waals surface area contributed by atoms with Gasteiger partial charge in [0, 0.05) is 19.4 Å². The molecule has 35 heavy (non-hydrogen) atoms. The van der Waals surface area contributed by atoms with Crippen LogP contribution >= 0.6 is 0 Å². The van der Waals surface area contributed by atoms with E-state index in [9.17, 15) is 4.79 Å². The van der Waals surface area contributed by atoms with Crippen molar-refractivity contribution < 1.29 is 9.32 Å². The first-order chi connectivity index (χ1) is 17.0. The number of benzene rings is 4. The van der Waals surface area contributed by atoms with E-state index in [0.717, 1.165) is 11.1 Å². The fourth-order valence-corrected chi connectivity index (χ4v) is 4.74. The maximum absolute atomic E-state index is 13.6. The second-order valence-corrected chi connectivity index (χ2v) is 9.32. The molecule has 0 saturated heterocycles. The molecule has 0 aliphatic heterocycles. The molecule has 0 spiro atoms. The molecular formula is C30H29N3O2. The SMILES string of the molecule is Cc1noc([C@@H](Cc2ccc3ccccc3c2)N(C)C(=O)C(C)Cc2ccc3ccccc3c2)n1. The van der Waals surface area contributed by atoms with Crippen LogP contribution in [0, 0.1) is 12.8 Å². The summed E-state index contributed by atoms with van der Waals surface area (Å²) in [6.45, 7) is 3.78. The summed E-state index contributed by atoms with van der Waals surface area (Å²) in [6.07, 6.45) is 1.26. The van der Waals surface area contributed by atoms with Gasteiger partial charge in [0.2, 0.25) is 11.8 Å². The molecule has 0 aliphatic carbocycles. The van der Waals surface area contributed by atoms with Gasteiger partial charge in [-0.1, -0.05) is 97.0 Å². The zero-order chi connectivity index (χ0) is 24.4. The third-order valence-electron chi connectivity index (χ3n) is 6.66. The number of carbonyl (C=O) groups excluding carboxylic acids is 1. The number of likely N-dealkylation sites (N-methyl/N-ethyl adjacent to an activating group) is 1. The van der Waals surface area contributed by atoms with E-state index in [4.69, 9.17) is 4.52 Å². The molecule has 5 aromatic rings. The van der Waals surface area contributed by atoms with Crippen LogP contribution in [-0.4, -0.2) is 28.0 Å². The number of aromatic nitrogens is 2. The molecule has 1 heterocycles. The lowest BCUT2D eigenvalue weighted by Crippen LogP contribution is -2.37. The van der Waals surface area contributed by atoms with Crippen molar-refractivity contribution in [2.24, 2.45) is 5.92 Å². The lowest BCUT2D eigenvalue weighted by atomic mass is 9.96. The largest absolute Gasteiger partial charge is 0.337 e. The highest BCUT2D eigenvalue weighted by Crippen LogP contribution is 2.27. The van der Waals surface area contributed by atoms with Crippen molar-refractivity contribution in [3.05, 3.63) is 108 Å². The topological polar surface area (TPSA) is 59.2 Å². The lowest BCUT2D eigenvalue weighted by Gasteiger charge is -2.28. The van der Waals surface area contributed by atoms with Crippen LogP contribution in [-0.2, 0) is 17.6 Å². The molecule has 0 bridgehead atoms. The average Bonchev–Trinajstić information content (AvgIpc) is 3.32. The maximum Gasteiger partial charge on any atom is 0.249 e.